The molecule has 0 radical (unpaired) electrons. The summed E-state index contributed by atoms with van der Waals surface area (Å²) in [6.07, 6.45) is 3.96. The van der Waals surface area contributed by atoms with Gasteiger partial charge in [0.25, 0.3) is 0 Å². The average Bonchev–Trinajstić information content (AvgIpc) is 2.78. The molecule has 3 nitrogen and oxygen atoms in total. The van der Waals surface area contributed by atoms with Crippen LogP contribution in [0.3, 0.4) is 0 Å². The number of hydrogen-bond donors (Lipinski definition) is 1. The first-order chi connectivity index (χ1) is 8.38. The Labute approximate surface area is 113 Å². The zero-order chi connectivity index (χ0) is 13.3. The molecule has 106 valence electrons. The maximum Gasteiger partial charge on any atom is 0.0131 e. The lowest BCUT2D eigenvalue weighted by Gasteiger charge is -2.30. The van der Waals surface area contributed by atoms with Crippen molar-refractivity contribution in [3.63, 3.8) is 0 Å². The van der Waals surface area contributed by atoms with Gasteiger partial charge < -0.3 is 15.5 Å². The molecule has 0 aromatic rings. The number of nitrogens with zero attached hydrogens (tertiary/aromatic N) is 2. The van der Waals surface area contributed by atoms with Crippen molar-refractivity contribution in [1.29, 1.82) is 0 Å². The molecule has 2 N–H and O–H groups in total. The second-order valence-corrected chi connectivity index (χ2v) is 7.45. The van der Waals surface area contributed by atoms with Crippen LogP contribution in [0.5, 0.6) is 0 Å². The SMILES string of the molecule is CN1CCC(CN(C)CC2CCC(C)(C)C2N)C1. The Balaban J connectivity index is 1.76. The van der Waals surface area contributed by atoms with Crippen molar-refractivity contribution in [3.8, 4) is 0 Å². The van der Waals surface area contributed by atoms with Gasteiger partial charge in [-0.15, -0.1) is 0 Å². The van der Waals surface area contributed by atoms with Gasteiger partial charge in [-0.3, -0.25) is 0 Å². The molecule has 2 fully saturated rings. The van der Waals surface area contributed by atoms with Crippen molar-refractivity contribution < 1.29 is 0 Å². The molecule has 1 heterocycles. The van der Waals surface area contributed by atoms with Crippen LogP contribution in [0.2, 0.25) is 0 Å². The topological polar surface area (TPSA) is 32.5 Å². The molecule has 3 atom stereocenters. The molecule has 0 spiro atoms. The van der Waals surface area contributed by atoms with E-state index in [9.17, 15) is 0 Å². The summed E-state index contributed by atoms with van der Waals surface area (Å²) in [6, 6.07) is 0.381. The van der Waals surface area contributed by atoms with Crippen LogP contribution in [0.25, 0.3) is 0 Å². The van der Waals surface area contributed by atoms with Crippen molar-refractivity contribution >= 4 is 0 Å². The highest BCUT2D eigenvalue weighted by atomic mass is 15.2. The van der Waals surface area contributed by atoms with E-state index in [-0.39, 0.29) is 0 Å². The third kappa shape index (κ3) is 3.25. The number of nitrogens with two attached hydrogens (primary N) is 1. The molecule has 3 heteroatoms. The van der Waals surface area contributed by atoms with Crippen LogP contribution in [0.1, 0.15) is 33.1 Å². The van der Waals surface area contributed by atoms with Crippen molar-refractivity contribution in [2.45, 2.75) is 39.2 Å². The highest BCUT2D eigenvalue weighted by molar-refractivity contribution is 4.95. The number of hydrogen-bond acceptors (Lipinski definition) is 3. The molecule has 0 amide bonds. The van der Waals surface area contributed by atoms with Gasteiger partial charge in [-0.25, -0.2) is 0 Å². The molecule has 1 aliphatic heterocycles. The van der Waals surface area contributed by atoms with Crippen LogP contribution in [-0.2, 0) is 0 Å². The Bertz CT molecular complexity index is 277. The van der Waals surface area contributed by atoms with Crippen molar-refractivity contribution in [3.05, 3.63) is 0 Å². The molecule has 2 aliphatic rings. The van der Waals surface area contributed by atoms with Crippen molar-refractivity contribution in [2.24, 2.45) is 23.0 Å². The van der Waals surface area contributed by atoms with E-state index < -0.39 is 0 Å². The normalized spacial score (nSPS) is 36.7. The molecule has 1 saturated heterocycles. The van der Waals surface area contributed by atoms with Crippen LogP contribution in [-0.4, -0.2) is 56.1 Å². The Morgan fingerprint density at radius 3 is 2.50 bits per heavy atom. The molecule has 1 aliphatic carbocycles. The fourth-order valence-corrected chi connectivity index (χ4v) is 3.84. The Morgan fingerprint density at radius 2 is 2.00 bits per heavy atom. The van der Waals surface area contributed by atoms with Gasteiger partial charge in [0.2, 0.25) is 0 Å². The molecular formula is C15H31N3. The van der Waals surface area contributed by atoms with E-state index >= 15 is 0 Å². The standard InChI is InChI=1S/C15H31N3/c1-15(2)7-5-13(14(15)16)11-18(4)10-12-6-8-17(3)9-12/h12-14H,5-11,16H2,1-4H3. The van der Waals surface area contributed by atoms with Gasteiger partial charge in [0.15, 0.2) is 0 Å². The molecular weight excluding hydrogens is 222 g/mol. The molecule has 0 bridgehead atoms. The van der Waals surface area contributed by atoms with Crippen LogP contribution < -0.4 is 5.73 Å². The lowest BCUT2D eigenvalue weighted by atomic mass is 9.85. The van der Waals surface area contributed by atoms with Gasteiger partial charge in [-0.1, -0.05) is 13.8 Å². The summed E-state index contributed by atoms with van der Waals surface area (Å²) in [4.78, 5) is 4.97. The first-order valence-electron chi connectivity index (χ1n) is 7.51. The van der Waals surface area contributed by atoms with Crippen LogP contribution in [0, 0.1) is 17.3 Å². The zero-order valence-electron chi connectivity index (χ0n) is 12.7. The third-order valence-electron chi connectivity index (χ3n) is 5.17. The second kappa shape index (κ2) is 5.48. The van der Waals surface area contributed by atoms with Crippen LogP contribution in [0.15, 0.2) is 0 Å². The van der Waals surface area contributed by atoms with Crippen molar-refractivity contribution in [1.82, 2.24) is 9.80 Å². The van der Waals surface area contributed by atoms with Gasteiger partial charge in [0.1, 0.15) is 0 Å². The third-order valence-corrected chi connectivity index (χ3v) is 5.17. The fraction of sp³-hybridized carbons (Fsp3) is 1.00. The summed E-state index contributed by atoms with van der Waals surface area (Å²) in [5.74, 6) is 1.56. The lowest BCUT2D eigenvalue weighted by Crippen LogP contribution is -2.42. The summed E-state index contributed by atoms with van der Waals surface area (Å²) in [6.45, 7) is 9.62. The Hall–Kier alpha value is -0.120. The highest BCUT2D eigenvalue weighted by Gasteiger charge is 2.39. The lowest BCUT2D eigenvalue weighted by molar-refractivity contribution is 0.211. The zero-order valence-corrected chi connectivity index (χ0v) is 12.7. The number of rotatable bonds is 4. The monoisotopic (exact) mass is 253 g/mol. The van der Waals surface area contributed by atoms with Gasteiger partial charge >= 0.3 is 0 Å². The van der Waals surface area contributed by atoms with E-state index in [2.05, 4.69) is 37.7 Å². The van der Waals surface area contributed by atoms with E-state index in [1.807, 2.05) is 0 Å². The minimum Gasteiger partial charge on any atom is -0.327 e. The predicted molar refractivity (Wildman–Crippen MR) is 77.6 cm³/mol. The van der Waals surface area contributed by atoms with Crippen molar-refractivity contribution in [2.75, 3.05) is 40.3 Å². The molecule has 0 aromatic carbocycles. The second-order valence-electron chi connectivity index (χ2n) is 7.45. The van der Waals surface area contributed by atoms with Crippen LogP contribution >= 0.6 is 0 Å². The summed E-state index contributed by atoms with van der Waals surface area (Å²) >= 11 is 0. The average molecular weight is 253 g/mol. The van der Waals surface area contributed by atoms with Gasteiger partial charge in [0, 0.05) is 25.7 Å². The van der Waals surface area contributed by atoms with Gasteiger partial charge in [-0.2, -0.15) is 0 Å². The number of likely N-dealkylation sites (tertiary alicyclic amines) is 1. The fourth-order valence-electron chi connectivity index (χ4n) is 3.84. The largest absolute Gasteiger partial charge is 0.327 e. The van der Waals surface area contributed by atoms with E-state index in [4.69, 9.17) is 5.73 Å². The predicted octanol–water partition coefficient (Wildman–Crippen LogP) is 1.63. The molecule has 18 heavy (non-hydrogen) atoms. The molecule has 3 unspecified atom stereocenters. The van der Waals surface area contributed by atoms with E-state index in [1.54, 1.807) is 0 Å². The molecule has 2 rings (SSSR count). The minimum absolute atomic E-state index is 0.346. The van der Waals surface area contributed by atoms with Gasteiger partial charge in [-0.05, 0) is 57.2 Å². The smallest absolute Gasteiger partial charge is 0.0131 e. The molecule has 0 aromatic heterocycles. The minimum atomic E-state index is 0.346. The summed E-state index contributed by atoms with van der Waals surface area (Å²) < 4.78 is 0. The summed E-state index contributed by atoms with van der Waals surface area (Å²) in [7, 11) is 4.51. The van der Waals surface area contributed by atoms with Crippen LogP contribution in [0.4, 0.5) is 0 Å². The quantitative estimate of drug-likeness (QED) is 0.826. The van der Waals surface area contributed by atoms with E-state index in [0.29, 0.717) is 17.4 Å². The van der Waals surface area contributed by atoms with E-state index in [1.165, 1.54) is 45.4 Å². The maximum atomic E-state index is 6.40. The summed E-state index contributed by atoms with van der Waals surface area (Å²) in [5, 5.41) is 0. The Kier molecular flexibility index (Phi) is 4.35. The van der Waals surface area contributed by atoms with E-state index in [0.717, 1.165) is 5.92 Å². The first-order valence-corrected chi connectivity index (χ1v) is 7.51. The Morgan fingerprint density at radius 1 is 1.28 bits per heavy atom. The molecule has 1 saturated carbocycles. The summed E-state index contributed by atoms with van der Waals surface area (Å²) in [5.41, 5.74) is 6.75. The van der Waals surface area contributed by atoms with Gasteiger partial charge in [0.05, 0.1) is 0 Å². The first kappa shape index (κ1) is 14.3. The maximum absolute atomic E-state index is 6.40. The highest BCUT2D eigenvalue weighted by Crippen LogP contribution is 2.40.